The maximum absolute atomic E-state index is 4.73. The fourth-order valence-electron chi connectivity index (χ4n) is 2.35. The number of nitrogens with zero attached hydrogens (tertiary/aromatic N) is 4. The molecule has 0 aromatic carbocycles. The lowest BCUT2D eigenvalue weighted by Gasteiger charge is -2.13. The topological polar surface area (TPSA) is 55.6 Å². The monoisotopic (exact) mass is 287 g/mol. The highest BCUT2D eigenvalue weighted by Crippen LogP contribution is 2.22. The first-order valence-electron chi connectivity index (χ1n) is 7.84. The lowest BCUT2D eigenvalue weighted by Crippen LogP contribution is -2.10. The van der Waals surface area contributed by atoms with Crippen molar-refractivity contribution in [3.63, 3.8) is 0 Å². The highest BCUT2D eigenvalue weighted by Gasteiger charge is 2.14. The van der Waals surface area contributed by atoms with E-state index in [1.807, 2.05) is 16.9 Å². The van der Waals surface area contributed by atoms with Crippen molar-refractivity contribution in [1.29, 1.82) is 0 Å². The quantitative estimate of drug-likeness (QED) is 0.847. The molecule has 0 spiro atoms. The van der Waals surface area contributed by atoms with Crippen LogP contribution in [0.5, 0.6) is 0 Å². The molecule has 0 aliphatic rings. The number of hydrogen-bond donors (Lipinski definition) is 1. The van der Waals surface area contributed by atoms with E-state index >= 15 is 0 Å². The van der Waals surface area contributed by atoms with Crippen molar-refractivity contribution in [1.82, 2.24) is 19.7 Å². The maximum atomic E-state index is 4.73. The van der Waals surface area contributed by atoms with Gasteiger partial charge in [-0.2, -0.15) is 5.10 Å². The van der Waals surface area contributed by atoms with Gasteiger partial charge in [0.1, 0.15) is 11.5 Å². The van der Waals surface area contributed by atoms with Crippen LogP contribution in [0.4, 0.5) is 5.82 Å². The zero-order chi connectivity index (χ0) is 15.2. The summed E-state index contributed by atoms with van der Waals surface area (Å²) in [6, 6.07) is 1.99. The summed E-state index contributed by atoms with van der Waals surface area (Å²) in [5.41, 5.74) is 3.24. The lowest BCUT2D eigenvalue weighted by atomic mass is 10.2. The Labute approximate surface area is 126 Å². The summed E-state index contributed by atoms with van der Waals surface area (Å²) in [4.78, 5) is 9.45. The van der Waals surface area contributed by atoms with E-state index in [0.29, 0.717) is 0 Å². The fourth-order valence-corrected chi connectivity index (χ4v) is 2.35. The van der Waals surface area contributed by atoms with Gasteiger partial charge < -0.3 is 5.32 Å². The van der Waals surface area contributed by atoms with Crippen LogP contribution in [0.15, 0.2) is 12.3 Å². The van der Waals surface area contributed by atoms with E-state index in [9.17, 15) is 0 Å². The summed E-state index contributed by atoms with van der Waals surface area (Å²) in [6.07, 6.45) is 4.85. The summed E-state index contributed by atoms with van der Waals surface area (Å²) < 4.78 is 1.98. The Morgan fingerprint density at radius 3 is 2.62 bits per heavy atom. The first kappa shape index (κ1) is 15.5. The number of nitrogens with one attached hydrogen (secondary N) is 1. The molecule has 0 atom stereocenters. The predicted molar refractivity (Wildman–Crippen MR) is 86.4 cm³/mol. The van der Waals surface area contributed by atoms with Crippen molar-refractivity contribution in [2.75, 3.05) is 11.9 Å². The SMILES string of the molecule is CCCNc1nc(-c2ccnn2CCC)nc(CC)c1C. The molecule has 0 aliphatic carbocycles. The maximum Gasteiger partial charge on any atom is 0.180 e. The molecule has 0 fully saturated rings. The second-order valence-corrected chi connectivity index (χ2v) is 5.19. The summed E-state index contributed by atoms with van der Waals surface area (Å²) in [6.45, 7) is 10.3. The Balaban J connectivity index is 2.45. The van der Waals surface area contributed by atoms with Gasteiger partial charge in [-0.3, -0.25) is 4.68 Å². The molecule has 0 amide bonds. The van der Waals surface area contributed by atoms with Crippen LogP contribution >= 0.6 is 0 Å². The molecule has 5 heteroatoms. The molecule has 0 unspecified atom stereocenters. The standard InChI is InChI=1S/C16H25N5/c1-5-9-17-15-12(4)13(7-3)19-16(20-15)14-8-10-18-21(14)11-6-2/h8,10H,5-7,9,11H2,1-4H3,(H,17,19,20). The molecule has 0 aliphatic heterocycles. The molecule has 2 aromatic rings. The van der Waals surface area contributed by atoms with Gasteiger partial charge in [-0.05, 0) is 32.3 Å². The van der Waals surface area contributed by atoms with E-state index in [1.54, 1.807) is 0 Å². The normalized spacial score (nSPS) is 10.9. The van der Waals surface area contributed by atoms with Gasteiger partial charge in [0.25, 0.3) is 0 Å². The van der Waals surface area contributed by atoms with Crippen LogP contribution in [0, 0.1) is 6.92 Å². The Bertz CT molecular complexity index is 588. The molecule has 2 heterocycles. The van der Waals surface area contributed by atoms with Crippen molar-refractivity contribution in [2.24, 2.45) is 0 Å². The number of anilines is 1. The van der Waals surface area contributed by atoms with Crippen molar-refractivity contribution >= 4 is 5.82 Å². The highest BCUT2D eigenvalue weighted by molar-refractivity contribution is 5.56. The van der Waals surface area contributed by atoms with Gasteiger partial charge in [-0.15, -0.1) is 0 Å². The molecule has 21 heavy (non-hydrogen) atoms. The van der Waals surface area contributed by atoms with Crippen LogP contribution in [0.1, 0.15) is 44.9 Å². The third-order valence-corrected chi connectivity index (χ3v) is 3.51. The van der Waals surface area contributed by atoms with Crippen LogP contribution in [0.2, 0.25) is 0 Å². The molecular formula is C16H25N5. The first-order chi connectivity index (χ1) is 10.2. The molecule has 114 valence electrons. The van der Waals surface area contributed by atoms with Crippen LogP contribution in [0.25, 0.3) is 11.5 Å². The minimum absolute atomic E-state index is 0.766. The summed E-state index contributed by atoms with van der Waals surface area (Å²) in [5, 5.41) is 7.78. The van der Waals surface area contributed by atoms with Crippen molar-refractivity contribution in [3.05, 3.63) is 23.5 Å². The third-order valence-electron chi connectivity index (χ3n) is 3.51. The molecule has 0 radical (unpaired) electrons. The smallest absolute Gasteiger partial charge is 0.180 e. The van der Waals surface area contributed by atoms with Crippen molar-refractivity contribution in [2.45, 2.75) is 53.5 Å². The average molecular weight is 287 g/mol. The van der Waals surface area contributed by atoms with Gasteiger partial charge in [0.05, 0.1) is 0 Å². The van der Waals surface area contributed by atoms with Gasteiger partial charge >= 0.3 is 0 Å². The van der Waals surface area contributed by atoms with Gasteiger partial charge in [0, 0.05) is 30.5 Å². The zero-order valence-corrected chi connectivity index (χ0v) is 13.5. The van der Waals surface area contributed by atoms with E-state index < -0.39 is 0 Å². The Kier molecular flexibility index (Phi) is 5.31. The zero-order valence-electron chi connectivity index (χ0n) is 13.5. The Hall–Kier alpha value is -1.91. The second kappa shape index (κ2) is 7.20. The molecule has 0 saturated heterocycles. The number of rotatable bonds is 7. The predicted octanol–water partition coefficient (Wildman–Crippen LogP) is 3.44. The van der Waals surface area contributed by atoms with Gasteiger partial charge in [-0.25, -0.2) is 9.97 Å². The van der Waals surface area contributed by atoms with Crippen molar-refractivity contribution in [3.8, 4) is 11.5 Å². The van der Waals surface area contributed by atoms with E-state index in [0.717, 1.165) is 60.9 Å². The molecule has 1 N–H and O–H groups in total. The Morgan fingerprint density at radius 2 is 1.95 bits per heavy atom. The van der Waals surface area contributed by atoms with Crippen LogP contribution < -0.4 is 5.32 Å². The molecule has 2 aromatic heterocycles. The highest BCUT2D eigenvalue weighted by atomic mass is 15.3. The molecule has 0 saturated carbocycles. The van der Waals surface area contributed by atoms with E-state index in [2.05, 4.69) is 38.1 Å². The molecular weight excluding hydrogens is 262 g/mol. The number of aromatic nitrogens is 4. The van der Waals surface area contributed by atoms with Crippen LogP contribution in [0.3, 0.4) is 0 Å². The van der Waals surface area contributed by atoms with Crippen LogP contribution in [-0.4, -0.2) is 26.3 Å². The second-order valence-electron chi connectivity index (χ2n) is 5.19. The van der Waals surface area contributed by atoms with E-state index in [-0.39, 0.29) is 0 Å². The van der Waals surface area contributed by atoms with E-state index in [4.69, 9.17) is 9.97 Å². The third kappa shape index (κ3) is 3.40. The average Bonchev–Trinajstić information content (AvgIpc) is 2.95. The molecule has 2 rings (SSSR count). The Morgan fingerprint density at radius 1 is 1.14 bits per heavy atom. The minimum atomic E-state index is 0.766. The van der Waals surface area contributed by atoms with Gasteiger partial charge in [-0.1, -0.05) is 20.8 Å². The summed E-state index contributed by atoms with van der Waals surface area (Å²) in [7, 11) is 0. The molecule has 5 nitrogen and oxygen atoms in total. The number of aryl methyl sites for hydroxylation is 2. The fraction of sp³-hybridized carbons (Fsp3) is 0.562. The van der Waals surface area contributed by atoms with Crippen LogP contribution in [-0.2, 0) is 13.0 Å². The lowest BCUT2D eigenvalue weighted by molar-refractivity contribution is 0.606. The minimum Gasteiger partial charge on any atom is -0.370 e. The number of hydrogen-bond acceptors (Lipinski definition) is 4. The summed E-state index contributed by atoms with van der Waals surface area (Å²) in [5.74, 6) is 1.71. The van der Waals surface area contributed by atoms with Gasteiger partial charge in [0.2, 0.25) is 0 Å². The van der Waals surface area contributed by atoms with E-state index in [1.165, 1.54) is 0 Å². The van der Waals surface area contributed by atoms with Crippen molar-refractivity contribution < 1.29 is 0 Å². The largest absolute Gasteiger partial charge is 0.370 e. The van der Waals surface area contributed by atoms with Gasteiger partial charge in [0.15, 0.2) is 5.82 Å². The molecule has 0 bridgehead atoms. The first-order valence-corrected chi connectivity index (χ1v) is 7.84. The summed E-state index contributed by atoms with van der Waals surface area (Å²) >= 11 is 0.